The minimum atomic E-state index is -1.32. The number of hydrogen-bond acceptors (Lipinski definition) is 5. The Kier molecular flexibility index (Phi) is 38.7. The van der Waals surface area contributed by atoms with Gasteiger partial charge in [-0.25, -0.2) is 0 Å². The number of amides is 1. The first-order valence-corrected chi connectivity index (χ1v) is 21.7. The van der Waals surface area contributed by atoms with Crippen LogP contribution in [0.5, 0.6) is 0 Å². The first-order chi connectivity index (χ1) is 25.5. The summed E-state index contributed by atoms with van der Waals surface area (Å²) in [5.74, 6) is -0.670. The molecule has 0 aromatic rings. The van der Waals surface area contributed by atoms with E-state index in [0.717, 1.165) is 44.9 Å². The molecule has 0 aliphatic carbocycles. The van der Waals surface area contributed by atoms with Gasteiger partial charge >= 0.3 is 0 Å². The van der Waals surface area contributed by atoms with E-state index < -0.39 is 36.9 Å². The zero-order chi connectivity index (χ0) is 38.2. The van der Waals surface area contributed by atoms with Crippen molar-refractivity contribution in [3.05, 3.63) is 60.8 Å². The molecule has 4 atom stereocenters. The van der Waals surface area contributed by atoms with Gasteiger partial charge in [0.2, 0.25) is 5.91 Å². The number of unbranched alkanes of at least 4 members (excludes halogenated alkanes) is 20. The summed E-state index contributed by atoms with van der Waals surface area (Å²) < 4.78 is 0. The fourth-order valence-corrected chi connectivity index (χ4v) is 6.18. The van der Waals surface area contributed by atoms with Gasteiger partial charge in [-0.1, -0.05) is 171 Å². The highest BCUT2D eigenvalue weighted by Crippen LogP contribution is 2.13. The molecule has 6 heteroatoms. The second kappa shape index (κ2) is 40.2. The van der Waals surface area contributed by atoms with Crippen LogP contribution in [0, 0.1) is 0 Å². The Bertz CT molecular complexity index is 910. The van der Waals surface area contributed by atoms with E-state index in [1.165, 1.54) is 116 Å². The summed E-state index contributed by atoms with van der Waals surface area (Å²) >= 11 is 0. The molecule has 0 aromatic carbocycles. The lowest BCUT2D eigenvalue weighted by Gasteiger charge is -2.27. The largest absolute Gasteiger partial charge is 0.394 e. The normalized spacial score (nSPS) is 14.8. The third kappa shape index (κ3) is 33.8. The molecule has 0 rings (SSSR count). The summed E-state index contributed by atoms with van der Waals surface area (Å²) in [6.45, 7) is 3.98. The van der Waals surface area contributed by atoms with Crippen LogP contribution in [0.2, 0.25) is 0 Å². The van der Waals surface area contributed by atoms with Crippen LogP contribution in [0.4, 0.5) is 0 Å². The standard InChI is InChI=1S/C46H83NO5/c1-3-5-7-9-11-13-15-17-18-19-20-21-22-23-24-25-26-27-28-30-31-33-35-37-39-43(49)45(51)42(41-48)47-46(52)44(50)40-38-36-34-32-29-16-14-12-10-8-6-4-2/h22-23,26-27,29,31-33,36,38,42-45,48-51H,3-21,24-25,28,30,34-35,37,39-41H2,1-2H3,(H,47,52)/b23-22+,27-26+,32-29-,33-31+,38-36-. The van der Waals surface area contributed by atoms with Crippen LogP contribution in [0.25, 0.3) is 0 Å². The van der Waals surface area contributed by atoms with Crippen LogP contribution >= 0.6 is 0 Å². The number of allylic oxidation sites excluding steroid dienone is 9. The molecule has 0 saturated carbocycles. The quantitative estimate of drug-likeness (QED) is 0.0321. The van der Waals surface area contributed by atoms with E-state index in [1.54, 1.807) is 6.08 Å². The predicted octanol–water partition coefficient (Wildman–Crippen LogP) is 11.3. The van der Waals surface area contributed by atoms with Crippen molar-refractivity contribution in [2.45, 2.75) is 218 Å². The number of hydrogen-bond donors (Lipinski definition) is 5. The van der Waals surface area contributed by atoms with Crippen LogP contribution in [0.3, 0.4) is 0 Å². The Balaban J connectivity index is 3.88. The summed E-state index contributed by atoms with van der Waals surface area (Å²) in [4.78, 5) is 12.4. The second-order valence-electron chi connectivity index (χ2n) is 14.7. The highest BCUT2D eigenvalue weighted by atomic mass is 16.3. The average Bonchev–Trinajstić information content (AvgIpc) is 3.15. The van der Waals surface area contributed by atoms with Crippen LogP contribution in [0.1, 0.15) is 194 Å². The van der Waals surface area contributed by atoms with Gasteiger partial charge in [0, 0.05) is 6.42 Å². The number of aliphatic hydroxyl groups excluding tert-OH is 4. The van der Waals surface area contributed by atoms with Crippen LogP contribution < -0.4 is 5.32 Å². The molecule has 0 radical (unpaired) electrons. The fourth-order valence-electron chi connectivity index (χ4n) is 6.18. The highest BCUT2D eigenvalue weighted by molar-refractivity contribution is 5.81. The number of rotatable bonds is 38. The Morgan fingerprint density at radius 1 is 0.500 bits per heavy atom. The van der Waals surface area contributed by atoms with Crippen molar-refractivity contribution in [2.75, 3.05) is 6.61 Å². The smallest absolute Gasteiger partial charge is 0.249 e. The van der Waals surface area contributed by atoms with Crippen molar-refractivity contribution in [1.82, 2.24) is 5.32 Å². The van der Waals surface area contributed by atoms with Crippen LogP contribution in [-0.2, 0) is 4.79 Å². The monoisotopic (exact) mass is 730 g/mol. The molecule has 5 N–H and O–H groups in total. The van der Waals surface area contributed by atoms with Gasteiger partial charge < -0.3 is 25.7 Å². The molecule has 1 amide bonds. The lowest BCUT2D eigenvalue weighted by Crippen LogP contribution is -2.52. The summed E-state index contributed by atoms with van der Waals surface area (Å²) in [6.07, 6.45) is 49.9. The molecular weight excluding hydrogens is 647 g/mol. The van der Waals surface area contributed by atoms with Crippen molar-refractivity contribution >= 4 is 5.91 Å². The van der Waals surface area contributed by atoms with E-state index in [-0.39, 0.29) is 6.42 Å². The van der Waals surface area contributed by atoms with Crippen molar-refractivity contribution < 1.29 is 25.2 Å². The van der Waals surface area contributed by atoms with Gasteiger partial charge in [-0.05, 0) is 77.0 Å². The summed E-state index contributed by atoms with van der Waals surface area (Å²) in [7, 11) is 0. The minimum absolute atomic E-state index is 0.146. The molecule has 0 heterocycles. The van der Waals surface area contributed by atoms with Crippen molar-refractivity contribution in [2.24, 2.45) is 0 Å². The highest BCUT2D eigenvalue weighted by Gasteiger charge is 2.28. The lowest BCUT2D eigenvalue weighted by molar-refractivity contribution is -0.132. The third-order valence-electron chi connectivity index (χ3n) is 9.67. The molecule has 0 fully saturated rings. The summed E-state index contributed by atoms with van der Waals surface area (Å²) in [5, 5.41) is 43.4. The van der Waals surface area contributed by atoms with E-state index in [2.05, 4.69) is 67.8 Å². The van der Waals surface area contributed by atoms with E-state index in [0.29, 0.717) is 12.8 Å². The maximum absolute atomic E-state index is 12.4. The molecule has 0 aliphatic heterocycles. The van der Waals surface area contributed by atoms with E-state index in [1.807, 2.05) is 6.08 Å². The molecule has 302 valence electrons. The first-order valence-electron chi connectivity index (χ1n) is 21.7. The van der Waals surface area contributed by atoms with Gasteiger partial charge in [0.1, 0.15) is 12.2 Å². The Morgan fingerprint density at radius 3 is 1.35 bits per heavy atom. The van der Waals surface area contributed by atoms with Gasteiger partial charge in [-0.2, -0.15) is 0 Å². The number of carbonyl (C=O) groups is 1. The molecule has 0 saturated heterocycles. The van der Waals surface area contributed by atoms with E-state index in [9.17, 15) is 25.2 Å². The Hall–Kier alpha value is -1.99. The second-order valence-corrected chi connectivity index (χ2v) is 14.7. The van der Waals surface area contributed by atoms with Gasteiger partial charge in [0.15, 0.2) is 0 Å². The molecular formula is C46H83NO5. The van der Waals surface area contributed by atoms with E-state index >= 15 is 0 Å². The Morgan fingerprint density at radius 2 is 0.885 bits per heavy atom. The van der Waals surface area contributed by atoms with Gasteiger partial charge in [0.05, 0.1) is 18.8 Å². The number of aliphatic hydroxyl groups is 4. The topological polar surface area (TPSA) is 110 Å². The molecule has 0 aliphatic rings. The van der Waals surface area contributed by atoms with Gasteiger partial charge in [-0.3, -0.25) is 4.79 Å². The molecule has 0 aromatic heterocycles. The average molecular weight is 730 g/mol. The third-order valence-corrected chi connectivity index (χ3v) is 9.67. The minimum Gasteiger partial charge on any atom is -0.394 e. The predicted molar refractivity (Wildman–Crippen MR) is 223 cm³/mol. The molecule has 6 nitrogen and oxygen atoms in total. The van der Waals surface area contributed by atoms with Gasteiger partial charge in [0.25, 0.3) is 0 Å². The van der Waals surface area contributed by atoms with E-state index in [4.69, 9.17) is 0 Å². The molecule has 0 bridgehead atoms. The number of nitrogens with one attached hydrogen (secondary N) is 1. The first kappa shape index (κ1) is 50.0. The zero-order valence-electron chi connectivity index (χ0n) is 33.8. The lowest BCUT2D eigenvalue weighted by atomic mass is 10.0. The Labute approximate surface area is 321 Å². The fraction of sp³-hybridized carbons (Fsp3) is 0.761. The van der Waals surface area contributed by atoms with Gasteiger partial charge in [-0.15, -0.1) is 0 Å². The van der Waals surface area contributed by atoms with Crippen LogP contribution in [-0.4, -0.2) is 57.3 Å². The van der Waals surface area contributed by atoms with Crippen molar-refractivity contribution in [3.63, 3.8) is 0 Å². The zero-order valence-corrected chi connectivity index (χ0v) is 33.8. The SMILES string of the molecule is CCCCCCCC/C=C\C/C=C\CC(O)C(=O)NC(CO)C(O)C(O)CCC/C=C/CC/C=C/CC/C=C/CCCCCCCCCCCCC. The summed E-state index contributed by atoms with van der Waals surface area (Å²) in [6, 6.07) is -1.04. The number of carbonyl (C=O) groups excluding carboxylic acids is 1. The van der Waals surface area contributed by atoms with Crippen molar-refractivity contribution in [3.8, 4) is 0 Å². The molecule has 52 heavy (non-hydrogen) atoms. The van der Waals surface area contributed by atoms with Crippen LogP contribution in [0.15, 0.2) is 60.8 Å². The maximum atomic E-state index is 12.4. The molecule has 4 unspecified atom stereocenters. The maximum Gasteiger partial charge on any atom is 0.249 e. The molecule has 0 spiro atoms. The summed E-state index contributed by atoms with van der Waals surface area (Å²) in [5.41, 5.74) is 0. The van der Waals surface area contributed by atoms with Crippen molar-refractivity contribution in [1.29, 1.82) is 0 Å².